The summed E-state index contributed by atoms with van der Waals surface area (Å²) in [7, 11) is 0. The monoisotopic (exact) mass is 288 g/mol. The van der Waals surface area contributed by atoms with Gasteiger partial charge in [-0.2, -0.15) is 0 Å². The van der Waals surface area contributed by atoms with Crippen LogP contribution in [0.2, 0.25) is 0 Å². The summed E-state index contributed by atoms with van der Waals surface area (Å²) in [5.74, 6) is -1.51. The first-order chi connectivity index (χ1) is 9.63. The van der Waals surface area contributed by atoms with Crippen molar-refractivity contribution in [2.75, 3.05) is 0 Å². The van der Waals surface area contributed by atoms with E-state index in [0.29, 0.717) is 10.6 Å². The summed E-state index contributed by atoms with van der Waals surface area (Å²) in [6, 6.07) is 6.29. The van der Waals surface area contributed by atoms with Crippen molar-refractivity contribution in [2.45, 2.75) is 5.54 Å². The Balaban J connectivity index is 2.18. The fourth-order valence-electron chi connectivity index (χ4n) is 2.10. The van der Waals surface area contributed by atoms with E-state index in [4.69, 9.17) is 5.11 Å². The molecule has 0 saturated carbocycles. The van der Waals surface area contributed by atoms with Gasteiger partial charge in [-0.25, -0.2) is 14.2 Å². The molecule has 2 aromatic rings. The number of halogens is 1. The second kappa shape index (κ2) is 4.64. The van der Waals surface area contributed by atoms with E-state index in [0.717, 1.165) is 11.3 Å². The van der Waals surface area contributed by atoms with Crippen LogP contribution in [-0.2, 0) is 5.54 Å². The molecule has 1 atom stereocenters. The molecule has 2 heterocycles. The van der Waals surface area contributed by atoms with Crippen molar-refractivity contribution in [3.8, 4) is 0 Å². The van der Waals surface area contributed by atoms with Gasteiger partial charge in [-0.1, -0.05) is 18.2 Å². The van der Waals surface area contributed by atoms with Crippen LogP contribution in [0.25, 0.3) is 0 Å². The van der Waals surface area contributed by atoms with Gasteiger partial charge in [0.05, 0.1) is 0 Å². The number of aromatic carboxylic acids is 1. The number of allylic oxidation sites excluding steroid dienone is 1. The number of carbonyl (C=O) groups is 1. The summed E-state index contributed by atoms with van der Waals surface area (Å²) in [5, 5.41) is 10.8. The fourth-order valence-corrected chi connectivity index (χ4v) is 3.04. The minimum Gasteiger partial charge on any atom is -0.476 e. The van der Waals surface area contributed by atoms with E-state index in [1.807, 2.05) is 0 Å². The van der Waals surface area contributed by atoms with Crippen LogP contribution < -0.4 is 0 Å². The van der Waals surface area contributed by atoms with E-state index in [2.05, 4.69) is 9.98 Å². The second-order valence-electron chi connectivity index (χ2n) is 4.23. The summed E-state index contributed by atoms with van der Waals surface area (Å²) >= 11 is 1.15. The SMILES string of the molecule is O=C(O)c1csc(C2(c3ccccc3F)C=CC=N2)n1. The summed E-state index contributed by atoms with van der Waals surface area (Å²) in [4.78, 5) is 19.3. The Morgan fingerprint density at radius 3 is 2.75 bits per heavy atom. The number of carboxylic acids is 1. The number of hydrogen-bond acceptors (Lipinski definition) is 4. The smallest absolute Gasteiger partial charge is 0.355 e. The Bertz CT molecular complexity index is 724. The molecule has 0 spiro atoms. The highest BCUT2D eigenvalue weighted by molar-refractivity contribution is 7.10. The molecule has 3 rings (SSSR count). The van der Waals surface area contributed by atoms with Crippen molar-refractivity contribution >= 4 is 23.5 Å². The lowest BCUT2D eigenvalue weighted by Crippen LogP contribution is -2.22. The van der Waals surface area contributed by atoms with Gasteiger partial charge in [-0.05, 0) is 18.2 Å². The Hall–Kier alpha value is -2.34. The molecular weight excluding hydrogens is 279 g/mol. The Morgan fingerprint density at radius 2 is 2.15 bits per heavy atom. The number of aromatic nitrogens is 1. The Morgan fingerprint density at radius 1 is 1.35 bits per heavy atom. The van der Waals surface area contributed by atoms with Crippen molar-refractivity contribution in [3.63, 3.8) is 0 Å². The van der Waals surface area contributed by atoms with E-state index < -0.39 is 17.3 Å². The molecule has 20 heavy (non-hydrogen) atoms. The second-order valence-corrected chi connectivity index (χ2v) is 5.08. The number of hydrogen-bond donors (Lipinski definition) is 1. The first-order valence-corrected chi connectivity index (χ1v) is 6.69. The third-order valence-electron chi connectivity index (χ3n) is 3.04. The van der Waals surface area contributed by atoms with Gasteiger partial charge in [0.15, 0.2) is 11.2 Å². The van der Waals surface area contributed by atoms with Crippen molar-refractivity contribution in [3.05, 3.63) is 63.9 Å². The average molecular weight is 288 g/mol. The molecule has 100 valence electrons. The van der Waals surface area contributed by atoms with Gasteiger partial charge in [0.1, 0.15) is 10.8 Å². The molecule has 1 aromatic carbocycles. The number of aliphatic imine (C=N–C) groups is 1. The molecule has 0 fully saturated rings. The minimum absolute atomic E-state index is 0.0591. The number of rotatable bonds is 3. The number of thiazole rings is 1. The molecule has 6 heteroatoms. The lowest BCUT2D eigenvalue weighted by atomic mass is 9.91. The third kappa shape index (κ3) is 1.85. The maximum Gasteiger partial charge on any atom is 0.355 e. The van der Waals surface area contributed by atoms with Crippen LogP contribution in [-0.4, -0.2) is 22.3 Å². The highest BCUT2D eigenvalue weighted by Gasteiger charge is 2.38. The molecule has 1 N–H and O–H groups in total. The molecule has 0 amide bonds. The first-order valence-electron chi connectivity index (χ1n) is 5.81. The molecule has 0 saturated heterocycles. The standard InChI is InChI=1S/C14H9FN2O2S/c15-10-5-2-1-4-9(10)14(6-3-7-16-14)13-17-11(8-20-13)12(18)19/h1-8H,(H,18,19). The van der Waals surface area contributed by atoms with Crippen LogP contribution in [0.4, 0.5) is 4.39 Å². The molecule has 0 aliphatic carbocycles. The maximum absolute atomic E-state index is 14.1. The fraction of sp³-hybridized carbons (Fsp3) is 0.0714. The van der Waals surface area contributed by atoms with Crippen LogP contribution in [0.3, 0.4) is 0 Å². The van der Waals surface area contributed by atoms with Gasteiger partial charge < -0.3 is 5.11 Å². The van der Waals surface area contributed by atoms with Crippen molar-refractivity contribution in [1.82, 2.24) is 4.98 Å². The predicted molar refractivity (Wildman–Crippen MR) is 73.9 cm³/mol. The van der Waals surface area contributed by atoms with Crippen LogP contribution in [0.1, 0.15) is 21.1 Å². The third-order valence-corrected chi connectivity index (χ3v) is 4.00. The summed E-state index contributed by atoms with van der Waals surface area (Å²) in [5.41, 5.74) is -0.767. The van der Waals surface area contributed by atoms with E-state index in [1.54, 1.807) is 36.6 Å². The van der Waals surface area contributed by atoms with Crippen molar-refractivity contribution in [2.24, 2.45) is 4.99 Å². The number of benzene rings is 1. The minimum atomic E-state index is -1.11. The quantitative estimate of drug-likeness (QED) is 0.944. The average Bonchev–Trinajstić information content (AvgIpc) is 3.09. The highest BCUT2D eigenvalue weighted by Crippen LogP contribution is 2.40. The lowest BCUT2D eigenvalue weighted by Gasteiger charge is -2.22. The summed E-state index contributed by atoms with van der Waals surface area (Å²) < 4.78 is 14.1. The van der Waals surface area contributed by atoms with Gasteiger partial charge in [-0.3, -0.25) is 4.99 Å². The zero-order valence-corrected chi connectivity index (χ0v) is 11.0. The highest BCUT2D eigenvalue weighted by atomic mass is 32.1. The van der Waals surface area contributed by atoms with Crippen molar-refractivity contribution < 1.29 is 14.3 Å². The maximum atomic E-state index is 14.1. The Labute approximate surface area is 117 Å². The number of nitrogens with zero attached hydrogens (tertiary/aromatic N) is 2. The molecule has 0 radical (unpaired) electrons. The molecule has 1 aliphatic rings. The van der Waals surface area contributed by atoms with Crippen molar-refractivity contribution in [1.29, 1.82) is 0 Å². The zero-order chi connectivity index (χ0) is 14.2. The van der Waals surface area contributed by atoms with Gasteiger partial charge in [0.25, 0.3) is 0 Å². The largest absolute Gasteiger partial charge is 0.476 e. The molecular formula is C14H9FN2O2S. The van der Waals surface area contributed by atoms with Gasteiger partial charge >= 0.3 is 5.97 Å². The molecule has 1 aromatic heterocycles. The normalized spacial score (nSPS) is 20.4. The molecule has 4 nitrogen and oxygen atoms in total. The van der Waals surface area contributed by atoms with E-state index in [9.17, 15) is 9.18 Å². The topological polar surface area (TPSA) is 62.5 Å². The van der Waals surface area contributed by atoms with Gasteiger partial charge in [-0.15, -0.1) is 11.3 Å². The van der Waals surface area contributed by atoms with E-state index in [1.165, 1.54) is 11.4 Å². The van der Waals surface area contributed by atoms with Crippen LogP contribution in [0.15, 0.2) is 46.8 Å². The van der Waals surface area contributed by atoms with Crippen LogP contribution >= 0.6 is 11.3 Å². The molecule has 1 aliphatic heterocycles. The van der Waals surface area contributed by atoms with Crippen LogP contribution in [0.5, 0.6) is 0 Å². The Kier molecular flexibility index (Phi) is 2.94. The van der Waals surface area contributed by atoms with E-state index >= 15 is 0 Å². The van der Waals surface area contributed by atoms with Gasteiger partial charge in [0, 0.05) is 17.2 Å². The lowest BCUT2D eigenvalue weighted by molar-refractivity contribution is 0.0691. The number of carboxylic acid groups (broad SMARTS) is 1. The molecule has 1 unspecified atom stereocenters. The van der Waals surface area contributed by atoms with Crippen LogP contribution in [0, 0.1) is 5.82 Å². The zero-order valence-electron chi connectivity index (χ0n) is 10.2. The van der Waals surface area contributed by atoms with E-state index in [-0.39, 0.29) is 5.69 Å². The molecule has 0 bridgehead atoms. The van der Waals surface area contributed by atoms with Gasteiger partial charge in [0.2, 0.25) is 0 Å². The predicted octanol–water partition coefficient (Wildman–Crippen LogP) is 2.86. The first kappa shape index (κ1) is 12.7. The summed E-state index contributed by atoms with van der Waals surface area (Å²) in [6.07, 6.45) is 4.98. The summed E-state index contributed by atoms with van der Waals surface area (Å²) in [6.45, 7) is 0.